The van der Waals surface area contributed by atoms with Crippen molar-refractivity contribution in [3.63, 3.8) is 0 Å². The summed E-state index contributed by atoms with van der Waals surface area (Å²) in [6, 6.07) is 6.01. The molecule has 0 aliphatic heterocycles. The third-order valence-electron chi connectivity index (χ3n) is 3.89. The number of anilines is 1. The Morgan fingerprint density at radius 3 is 2.52 bits per heavy atom. The third-order valence-corrected chi connectivity index (χ3v) is 6.52. The molecular formula is C17H20N4O4S2. The number of nitrogens with one attached hydrogen (secondary N) is 1. The van der Waals surface area contributed by atoms with Crippen LogP contribution in [0.2, 0.25) is 0 Å². The third kappa shape index (κ3) is 3.67. The lowest BCUT2D eigenvalue weighted by molar-refractivity contribution is 0.0601. The van der Waals surface area contributed by atoms with Gasteiger partial charge >= 0.3 is 5.97 Å². The van der Waals surface area contributed by atoms with E-state index in [2.05, 4.69) is 19.5 Å². The van der Waals surface area contributed by atoms with Crippen LogP contribution in [0.4, 0.5) is 5.69 Å². The average Bonchev–Trinajstić information content (AvgIpc) is 3.18. The van der Waals surface area contributed by atoms with Gasteiger partial charge in [0.2, 0.25) is 9.99 Å². The summed E-state index contributed by atoms with van der Waals surface area (Å²) in [5.41, 5.74) is 1.13. The molecular weight excluding hydrogens is 388 g/mol. The van der Waals surface area contributed by atoms with E-state index in [1.807, 2.05) is 20.8 Å². The number of carbonyl (C=O) groups is 1. The smallest absolute Gasteiger partial charge is 0.337 e. The molecule has 0 spiro atoms. The fraction of sp³-hybridized carbons (Fsp3) is 0.353. The van der Waals surface area contributed by atoms with Crippen molar-refractivity contribution in [1.29, 1.82) is 0 Å². The Balaban J connectivity index is 2.00. The Labute approximate surface area is 161 Å². The fourth-order valence-corrected chi connectivity index (χ4v) is 4.89. The zero-order valence-electron chi connectivity index (χ0n) is 15.4. The molecule has 27 heavy (non-hydrogen) atoms. The number of esters is 1. The minimum Gasteiger partial charge on any atom is -0.465 e. The Hall–Kier alpha value is -2.46. The first-order valence-electron chi connectivity index (χ1n) is 8.36. The summed E-state index contributed by atoms with van der Waals surface area (Å²) >= 11 is 1.38. The minimum atomic E-state index is -3.91. The van der Waals surface area contributed by atoms with Crippen LogP contribution in [0, 0.1) is 0 Å². The molecule has 144 valence electrons. The van der Waals surface area contributed by atoms with Crippen LogP contribution in [0.3, 0.4) is 0 Å². The molecule has 0 radical (unpaired) electrons. The van der Waals surface area contributed by atoms with Crippen LogP contribution < -0.4 is 4.72 Å². The highest BCUT2D eigenvalue weighted by atomic mass is 32.2. The van der Waals surface area contributed by atoms with Crippen molar-refractivity contribution in [2.24, 2.45) is 0 Å². The van der Waals surface area contributed by atoms with Gasteiger partial charge in [-0.3, -0.25) is 4.72 Å². The van der Waals surface area contributed by atoms with Crippen LogP contribution >= 0.6 is 11.3 Å². The van der Waals surface area contributed by atoms with Crippen LogP contribution in [-0.4, -0.2) is 36.1 Å². The highest BCUT2D eigenvalue weighted by molar-refractivity contribution is 7.92. The number of imidazole rings is 1. The molecule has 0 saturated heterocycles. The van der Waals surface area contributed by atoms with Crippen LogP contribution in [0.5, 0.6) is 0 Å². The lowest BCUT2D eigenvalue weighted by Crippen LogP contribution is -2.17. The van der Waals surface area contributed by atoms with Gasteiger partial charge in [0.15, 0.2) is 0 Å². The number of carbonyl (C=O) groups excluding carboxylic acids is 1. The molecule has 0 unspecified atom stereocenters. The minimum absolute atomic E-state index is 0.0418. The second-order valence-electron chi connectivity index (χ2n) is 6.18. The number of benzene rings is 1. The van der Waals surface area contributed by atoms with Crippen molar-refractivity contribution in [1.82, 2.24) is 14.6 Å². The molecule has 10 heteroatoms. The molecule has 0 amide bonds. The summed E-state index contributed by atoms with van der Waals surface area (Å²) < 4.78 is 34.6. The van der Waals surface area contributed by atoms with E-state index >= 15 is 0 Å². The van der Waals surface area contributed by atoms with E-state index in [1.165, 1.54) is 47.2 Å². The molecule has 2 aromatic heterocycles. The van der Waals surface area contributed by atoms with Crippen LogP contribution in [-0.2, 0) is 21.2 Å². The monoisotopic (exact) mass is 408 g/mol. The van der Waals surface area contributed by atoms with Crippen molar-refractivity contribution in [2.75, 3.05) is 11.8 Å². The quantitative estimate of drug-likeness (QED) is 0.629. The number of methoxy groups -OCH3 is 1. The summed E-state index contributed by atoms with van der Waals surface area (Å²) in [6.45, 7) is 5.84. The first kappa shape index (κ1) is 19.3. The molecule has 2 heterocycles. The van der Waals surface area contributed by atoms with Gasteiger partial charge in [0.1, 0.15) is 5.01 Å². The molecule has 3 aromatic rings. The Morgan fingerprint density at radius 1 is 1.30 bits per heavy atom. The maximum absolute atomic E-state index is 13.0. The Morgan fingerprint density at radius 2 is 1.96 bits per heavy atom. The zero-order chi connectivity index (χ0) is 19.8. The lowest BCUT2D eigenvalue weighted by Gasteiger charge is -2.09. The number of aromatic nitrogens is 3. The number of aryl methyl sites for hydroxylation is 1. The van der Waals surface area contributed by atoms with Gasteiger partial charge in [-0.15, -0.1) is 0 Å². The van der Waals surface area contributed by atoms with Crippen molar-refractivity contribution in [3.8, 4) is 0 Å². The summed E-state index contributed by atoms with van der Waals surface area (Å²) in [5.74, 6) is -0.310. The van der Waals surface area contributed by atoms with Gasteiger partial charge in [0.25, 0.3) is 10.0 Å². The SMILES string of the molecule is CCc1nc2sc(C(C)C)nn2c1S(=O)(=O)Nc1ccc(C(=O)OC)cc1. The number of sulfonamides is 1. The fourth-order valence-electron chi connectivity index (χ4n) is 2.51. The van der Waals surface area contributed by atoms with Crippen LogP contribution in [0.1, 0.15) is 47.7 Å². The van der Waals surface area contributed by atoms with Gasteiger partial charge in [-0.05, 0) is 30.7 Å². The standard InChI is InChI=1S/C17H20N4O4S2/c1-5-13-15(21-17(18-13)26-14(19-21)10(2)3)27(23,24)20-12-8-6-11(7-9-12)16(22)25-4/h6-10,20H,5H2,1-4H3. The molecule has 1 N–H and O–H groups in total. The normalized spacial score (nSPS) is 11.9. The molecule has 0 fully saturated rings. The topological polar surface area (TPSA) is 103 Å². The van der Waals surface area contributed by atoms with E-state index in [0.717, 1.165) is 5.01 Å². The lowest BCUT2D eigenvalue weighted by atomic mass is 10.2. The van der Waals surface area contributed by atoms with Gasteiger partial charge in [0.05, 0.1) is 18.4 Å². The largest absolute Gasteiger partial charge is 0.465 e. The van der Waals surface area contributed by atoms with Gasteiger partial charge in [-0.25, -0.2) is 9.78 Å². The van der Waals surface area contributed by atoms with E-state index in [1.54, 1.807) is 0 Å². The van der Waals surface area contributed by atoms with Gasteiger partial charge < -0.3 is 4.74 Å². The summed E-state index contributed by atoms with van der Waals surface area (Å²) in [6.07, 6.45) is 0.463. The highest BCUT2D eigenvalue weighted by Crippen LogP contribution is 2.28. The second kappa shape index (κ2) is 7.28. The van der Waals surface area contributed by atoms with Crippen LogP contribution in [0.25, 0.3) is 4.96 Å². The first-order chi connectivity index (χ1) is 12.8. The van der Waals surface area contributed by atoms with E-state index in [9.17, 15) is 13.2 Å². The number of hydrogen-bond donors (Lipinski definition) is 1. The first-order valence-corrected chi connectivity index (χ1v) is 10.7. The highest BCUT2D eigenvalue weighted by Gasteiger charge is 2.27. The Kier molecular flexibility index (Phi) is 5.20. The molecule has 8 nitrogen and oxygen atoms in total. The molecule has 1 aromatic carbocycles. The maximum Gasteiger partial charge on any atom is 0.337 e. The molecule has 0 aliphatic rings. The van der Waals surface area contributed by atoms with Crippen molar-refractivity contribution < 1.29 is 17.9 Å². The average molecular weight is 409 g/mol. The summed E-state index contributed by atoms with van der Waals surface area (Å²) in [4.78, 5) is 16.5. The molecule has 3 rings (SSSR count). The zero-order valence-corrected chi connectivity index (χ0v) is 17.0. The summed E-state index contributed by atoms with van der Waals surface area (Å²) in [7, 11) is -2.62. The van der Waals surface area contributed by atoms with Gasteiger partial charge in [0, 0.05) is 11.6 Å². The van der Waals surface area contributed by atoms with E-state index in [4.69, 9.17) is 0 Å². The number of fused-ring (bicyclic) bond motifs is 1. The second-order valence-corrected chi connectivity index (χ2v) is 8.77. The summed E-state index contributed by atoms with van der Waals surface area (Å²) in [5, 5.41) is 5.29. The Bertz CT molecular complexity index is 1080. The number of rotatable bonds is 6. The number of hydrogen-bond acceptors (Lipinski definition) is 7. The predicted octanol–water partition coefficient (Wildman–Crippen LogP) is 3.06. The van der Waals surface area contributed by atoms with Crippen molar-refractivity contribution >= 4 is 38.0 Å². The van der Waals surface area contributed by atoms with E-state index < -0.39 is 16.0 Å². The number of nitrogens with zero attached hydrogens (tertiary/aromatic N) is 3. The molecule has 0 aliphatic carbocycles. The molecule has 0 atom stereocenters. The number of ether oxygens (including phenoxy) is 1. The van der Waals surface area contributed by atoms with Crippen molar-refractivity contribution in [3.05, 3.63) is 40.5 Å². The van der Waals surface area contributed by atoms with E-state index in [-0.39, 0.29) is 10.9 Å². The van der Waals surface area contributed by atoms with Crippen molar-refractivity contribution in [2.45, 2.75) is 38.1 Å². The molecule has 0 bridgehead atoms. The van der Waals surface area contributed by atoms with Gasteiger partial charge in [-0.2, -0.15) is 18.0 Å². The van der Waals surface area contributed by atoms with Crippen LogP contribution in [0.15, 0.2) is 29.3 Å². The van der Waals surface area contributed by atoms with Gasteiger partial charge in [-0.1, -0.05) is 32.1 Å². The maximum atomic E-state index is 13.0. The van der Waals surface area contributed by atoms with E-state index in [0.29, 0.717) is 28.3 Å². The molecule has 0 saturated carbocycles. The predicted molar refractivity (Wildman–Crippen MR) is 103 cm³/mol.